The number of benzene rings is 7. The summed E-state index contributed by atoms with van der Waals surface area (Å²) in [6.45, 7) is 3.80. The molecule has 9 heteroatoms. The van der Waals surface area contributed by atoms with Crippen molar-refractivity contribution >= 4 is 40.7 Å². The van der Waals surface area contributed by atoms with Crippen LogP contribution in [-0.4, -0.2) is 30.3 Å². The summed E-state index contributed by atoms with van der Waals surface area (Å²) < 4.78 is 26.9. The van der Waals surface area contributed by atoms with Gasteiger partial charge in [-0.15, -0.1) is 0 Å². The van der Waals surface area contributed by atoms with Crippen molar-refractivity contribution in [3.8, 4) is 5.75 Å². The molecule has 1 amide bonds. The average molecular weight is 956 g/mol. The molecular formula is C56H53NO6PY-. The molecular weight excluding hydrogens is 902 g/mol. The maximum absolute atomic E-state index is 14.9. The number of hydrogen-bond acceptors (Lipinski definition) is 6. The Labute approximate surface area is 408 Å². The fraction of sp³-hybridized carbons (Fsp3) is 0.179. The molecule has 0 aliphatic carbocycles. The molecule has 0 heterocycles. The molecule has 65 heavy (non-hydrogen) atoms. The van der Waals surface area contributed by atoms with Crippen molar-refractivity contribution in [2.24, 2.45) is 0 Å². The van der Waals surface area contributed by atoms with Crippen LogP contribution in [0.15, 0.2) is 200 Å². The van der Waals surface area contributed by atoms with Crippen LogP contribution in [0, 0.1) is 6.42 Å². The van der Waals surface area contributed by atoms with E-state index in [1.165, 1.54) is 0 Å². The first-order valence-corrected chi connectivity index (χ1v) is 23.4. The van der Waals surface area contributed by atoms with Gasteiger partial charge in [0.15, 0.2) is 7.14 Å². The van der Waals surface area contributed by atoms with Gasteiger partial charge in [-0.2, -0.15) is 24.1 Å². The van der Waals surface area contributed by atoms with Gasteiger partial charge in [0, 0.05) is 61.5 Å². The number of amides is 1. The minimum absolute atomic E-state index is 0. The SMILES string of the molecule is C[CH-]c1ccc(OCCC(=O)NC(CCC(=O)CC(c2ccccc2)(c2ccccc2)c2ccccc2)C(=O)OC(C)c2ccc(P(=O)(c3ccccc3)c3ccccc3)cc2)cc1.[Y]. The van der Waals surface area contributed by atoms with E-state index in [-0.39, 0.29) is 70.8 Å². The van der Waals surface area contributed by atoms with E-state index in [2.05, 4.69) is 5.32 Å². The fourth-order valence-corrected chi connectivity index (χ4v) is 10.8. The molecule has 0 saturated heterocycles. The minimum Gasteiger partial charge on any atom is -0.495 e. The van der Waals surface area contributed by atoms with Gasteiger partial charge >= 0.3 is 5.97 Å². The third kappa shape index (κ3) is 11.9. The van der Waals surface area contributed by atoms with Crippen molar-refractivity contribution in [3.05, 3.63) is 234 Å². The van der Waals surface area contributed by atoms with Gasteiger partial charge < -0.3 is 19.4 Å². The average Bonchev–Trinajstić information content (AvgIpc) is 3.35. The number of carbonyl (C=O) groups excluding carboxylic acids is 3. The summed E-state index contributed by atoms with van der Waals surface area (Å²) in [7, 11) is -3.21. The van der Waals surface area contributed by atoms with Gasteiger partial charge in [0.25, 0.3) is 0 Å². The molecule has 0 spiro atoms. The van der Waals surface area contributed by atoms with Crippen LogP contribution < -0.4 is 26.0 Å². The third-order valence-electron chi connectivity index (χ3n) is 11.7. The first-order chi connectivity index (χ1) is 31.2. The maximum atomic E-state index is 14.9. The van der Waals surface area contributed by atoms with E-state index < -0.39 is 36.6 Å². The van der Waals surface area contributed by atoms with Crippen molar-refractivity contribution in [2.75, 3.05) is 6.61 Å². The van der Waals surface area contributed by atoms with Crippen molar-refractivity contribution in [1.29, 1.82) is 0 Å². The second-order valence-electron chi connectivity index (χ2n) is 15.8. The van der Waals surface area contributed by atoms with Gasteiger partial charge in [-0.25, -0.2) is 4.79 Å². The summed E-state index contributed by atoms with van der Waals surface area (Å²) in [6.07, 6.45) is 1.40. The maximum Gasteiger partial charge on any atom is 0.329 e. The summed E-state index contributed by atoms with van der Waals surface area (Å²) in [5.74, 6) is -0.522. The molecule has 0 saturated carbocycles. The zero-order valence-corrected chi connectivity index (χ0v) is 40.5. The first-order valence-electron chi connectivity index (χ1n) is 21.7. The Morgan fingerprint density at radius 2 is 1.05 bits per heavy atom. The number of esters is 1. The van der Waals surface area contributed by atoms with Gasteiger partial charge in [-0.1, -0.05) is 195 Å². The van der Waals surface area contributed by atoms with Crippen molar-refractivity contribution in [1.82, 2.24) is 5.32 Å². The smallest absolute Gasteiger partial charge is 0.329 e. The molecule has 7 rings (SSSR count). The molecule has 7 aromatic carbocycles. The van der Waals surface area contributed by atoms with Crippen molar-refractivity contribution in [2.45, 2.75) is 57.1 Å². The molecule has 0 aliphatic rings. The van der Waals surface area contributed by atoms with Crippen LogP contribution in [0.3, 0.4) is 0 Å². The number of ketones is 1. The monoisotopic (exact) mass is 955 g/mol. The van der Waals surface area contributed by atoms with E-state index in [4.69, 9.17) is 9.47 Å². The second kappa shape index (κ2) is 23.4. The van der Waals surface area contributed by atoms with Crippen molar-refractivity contribution < 1.29 is 61.1 Å². The third-order valence-corrected chi connectivity index (χ3v) is 14.7. The Bertz CT molecular complexity index is 2490. The Morgan fingerprint density at radius 3 is 1.51 bits per heavy atom. The quantitative estimate of drug-likeness (QED) is 0.0354. The van der Waals surface area contributed by atoms with Gasteiger partial charge in [0.1, 0.15) is 17.9 Å². The van der Waals surface area contributed by atoms with E-state index in [9.17, 15) is 18.9 Å². The van der Waals surface area contributed by atoms with Crippen molar-refractivity contribution in [3.63, 3.8) is 0 Å². The molecule has 7 aromatic rings. The topological polar surface area (TPSA) is 98.8 Å². The predicted molar refractivity (Wildman–Crippen MR) is 256 cm³/mol. The van der Waals surface area contributed by atoms with Crippen LogP contribution in [0.1, 0.15) is 73.5 Å². The Morgan fingerprint density at radius 1 is 0.600 bits per heavy atom. The number of Topliss-reactive ketones (excluding diaryl/α,β-unsaturated/α-hetero) is 1. The fourth-order valence-electron chi connectivity index (χ4n) is 8.20. The van der Waals surface area contributed by atoms with Gasteiger partial charge in [-0.3, -0.25) is 9.59 Å². The Kier molecular flexibility index (Phi) is 17.5. The summed E-state index contributed by atoms with van der Waals surface area (Å²) in [4.78, 5) is 42.1. The van der Waals surface area contributed by atoms with Gasteiger partial charge in [-0.05, 0) is 35.6 Å². The molecule has 2 atom stereocenters. The van der Waals surface area contributed by atoms with Crippen LogP contribution in [0.4, 0.5) is 0 Å². The molecule has 0 aromatic heterocycles. The van der Waals surface area contributed by atoms with E-state index in [1.807, 2.05) is 214 Å². The normalized spacial score (nSPS) is 12.2. The molecule has 2 unspecified atom stereocenters. The van der Waals surface area contributed by atoms with Crippen LogP contribution in [0.5, 0.6) is 5.75 Å². The van der Waals surface area contributed by atoms with Gasteiger partial charge in [0.2, 0.25) is 5.91 Å². The van der Waals surface area contributed by atoms with E-state index in [0.717, 1.165) is 22.3 Å². The van der Waals surface area contributed by atoms with Crippen LogP contribution >= 0.6 is 7.14 Å². The van der Waals surface area contributed by atoms with Crippen LogP contribution in [-0.2, 0) is 61.8 Å². The van der Waals surface area contributed by atoms with E-state index >= 15 is 0 Å². The predicted octanol–water partition coefficient (Wildman–Crippen LogP) is 10.2. The van der Waals surface area contributed by atoms with Crippen LogP contribution in [0.2, 0.25) is 0 Å². The van der Waals surface area contributed by atoms with E-state index in [0.29, 0.717) is 27.2 Å². The number of rotatable bonds is 20. The number of nitrogens with one attached hydrogen (secondary N) is 1. The number of carbonyl (C=O) groups is 3. The summed E-state index contributed by atoms with van der Waals surface area (Å²) in [6, 6.07) is 62.6. The Hall–Kier alpha value is -5.85. The molecule has 1 radical (unpaired) electrons. The van der Waals surface area contributed by atoms with Gasteiger partial charge in [0.05, 0.1) is 24.2 Å². The standard InChI is InChI=1S/C56H53NO6P.Y/c1-3-43-29-34-49(35-30-43)62-40-39-54(59)57-53(38-33-48(58)41-56(45-19-9-4-10-20-45,46-21-11-5-12-22-46)47-23-13-6-14-24-47)55(60)63-42(2)44-31-36-52(37-32-44)64(61,50-25-15-7-16-26-50)51-27-17-8-18-28-51;/h3-32,34-37,42,53H,33,38-41H2,1-2H3,(H,57,59);/q-1;. The minimum atomic E-state index is -3.21. The number of ether oxygens (including phenoxy) is 2. The van der Waals surface area contributed by atoms with E-state index in [1.54, 1.807) is 6.92 Å². The molecule has 7 nitrogen and oxygen atoms in total. The second-order valence-corrected chi connectivity index (χ2v) is 18.6. The Balaban J connectivity index is 0.00000700. The molecule has 1 N–H and O–H groups in total. The molecule has 0 bridgehead atoms. The zero-order chi connectivity index (χ0) is 44.8. The molecule has 0 fully saturated rings. The summed E-state index contributed by atoms with van der Waals surface area (Å²) in [5, 5.41) is 4.95. The number of hydrogen-bond donors (Lipinski definition) is 1. The summed E-state index contributed by atoms with van der Waals surface area (Å²) in [5.41, 5.74) is 3.84. The zero-order valence-electron chi connectivity index (χ0n) is 36.8. The molecule has 0 aliphatic heterocycles. The largest absolute Gasteiger partial charge is 0.495 e. The summed E-state index contributed by atoms with van der Waals surface area (Å²) >= 11 is 0. The first kappa shape index (κ1) is 48.6. The molecule has 327 valence electrons. The van der Waals surface area contributed by atoms with Crippen LogP contribution in [0.25, 0.3) is 0 Å².